The minimum Gasteiger partial charge on any atom is -0.439 e. The van der Waals surface area contributed by atoms with Gasteiger partial charge in [0.25, 0.3) is 0 Å². The first-order valence-corrected chi connectivity index (χ1v) is 8.77. The lowest BCUT2D eigenvalue weighted by molar-refractivity contribution is 0.388. The summed E-state index contributed by atoms with van der Waals surface area (Å²) in [6.07, 6.45) is 1.92. The fourth-order valence-electron chi connectivity index (χ4n) is 3.98. The summed E-state index contributed by atoms with van der Waals surface area (Å²) in [6, 6.07) is 17.1. The van der Waals surface area contributed by atoms with Crippen LogP contribution in [0.1, 0.15) is 17.0 Å². The Morgan fingerprint density at radius 3 is 2.61 bits per heavy atom. The molecule has 6 nitrogen and oxygen atoms in total. The summed E-state index contributed by atoms with van der Waals surface area (Å²) in [5.41, 5.74) is 8.29. The maximum absolute atomic E-state index is 12.9. The summed E-state index contributed by atoms with van der Waals surface area (Å²) in [6.45, 7) is 0. The van der Waals surface area contributed by atoms with E-state index in [1.54, 1.807) is 12.1 Å². The van der Waals surface area contributed by atoms with Gasteiger partial charge in [-0.2, -0.15) is 5.26 Å². The summed E-state index contributed by atoms with van der Waals surface area (Å²) in [5.74, 6) is -0.314. The molecular weight excluding hydrogens is 354 g/mol. The molecule has 4 aromatic rings. The van der Waals surface area contributed by atoms with Crippen molar-refractivity contribution in [3.8, 4) is 11.8 Å². The minimum absolute atomic E-state index is 0.00341. The fraction of sp³-hybridized carbons (Fsp3) is 0.0909. The van der Waals surface area contributed by atoms with Crippen LogP contribution in [0.25, 0.3) is 21.9 Å². The fourth-order valence-corrected chi connectivity index (χ4v) is 3.98. The number of nitrogens with zero attached hydrogens (tertiary/aromatic N) is 2. The predicted molar refractivity (Wildman–Crippen MR) is 105 cm³/mol. The van der Waals surface area contributed by atoms with E-state index in [2.05, 4.69) is 6.07 Å². The van der Waals surface area contributed by atoms with E-state index in [1.807, 2.05) is 54.2 Å². The molecule has 0 spiro atoms. The van der Waals surface area contributed by atoms with Crippen LogP contribution in [0.2, 0.25) is 0 Å². The number of allylic oxidation sites excluding steroid dienone is 1. The highest BCUT2D eigenvalue weighted by Gasteiger charge is 2.36. The van der Waals surface area contributed by atoms with Gasteiger partial charge in [0.1, 0.15) is 17.2 Å². The second kappa shape index (κ2) is 5.76. The van der Waals surface area contributed by atoms with Gasteiger partial charge in [-0.1, -0.05) is 30.3 Å². The van der Waals surface area contributed by atoms with Crippen LogP contribution in [0.4, 0.5) is 0 Å². The van der Waals surface area contributed by atoms with Crippen LogP contribution in [0.3, 0.4) is 0 Å². The number of aromatic nitrogens is 1. The first-order valence-electron chi connectivity index (χ1n) is 8.77. The van der Waals surface area contributed by atoms with E-state index in [-0.39, 0.29) is 11.5 Å². The third kappa shape index (κ3) is 2.10. The first-order chi connectivity index (χ1) is 13.6. The third-order valence-corrected chi connectivity index (χ3v) is 5.21. The van der Waals surface area contributed by atoms with Crippen LogP contribution in [0, 0.1) is 11.3 Å². The Labute approximate surface area is 159 Å². The molecule has 2 aromatic carbocycles. The molecule has 0 radical (unpaired) electrons. The quantitative estimate of drug-likeness (QED) is 0.518. The minimum atomic E-state index is -0.666. The van der Waals surface area contributed by atoms with Crippen molar-refractivity contribution < 1.29 is 9.15 Å². The molecule has 3 heterocycles. The van der Waals surface area contributed by atoms with Gasteiger partial charge in [0.2, 0.25) is 5.88 Å². The van der Waals surface area contributed by atoms with Gasteiger partial charge < -0.3 is 19.5 Å². The highest BCUT2D eigenvalue weighted by atomic mass is 16.5. The standard InChI is InChI=1S/C22H15N3O3/c1-25-11-15(12-6-2-4-8-16(12)25)18-14(10-23)21(24)28-20-13-7-3-5-9-17(13)27-22(26)19(18)20/h2-9,11,18H,24H2,1H3. The number of aryl methyl sites for hydroxylation is 1. The molecule has 6 heteroatoms. The first kappa shape index (κ1) is 16.2. The van der Waals surface area contributed by atoms with Crippen molar-refractivity contribution >= 4 is 21.9 Å². The molecule has 1 unspecified atom stereocenters. The Balaban J connectivity index is 1.91. The molecule has 28 heavy (non-hydrogen) atoms. The number of rotatable bonds is 1. The monoisotopic (exact) mass is 369 g/mol. The van der Waals surface area contributed by atoms with Crippen molar-refractivity contribution in [1.82, 2.24) is 4.57 Å². The molecule has 2 N–H and O–H groups in total. The van der Waals surface area contributed by atoms with Gasteiger partial charge in [-0.15, -0.1) is 0 Å². The molecule has 0 amide bonds. The highest BCUT2D eigenvalue weighted by Crippen LogP contribution is 2.45. The van der Waals surface area contributed by atoms with Gasteiger partial charge in [0.15, 0.2) is 5.75 Å². The lowest BCUT2D eigenvalue weighted by atomic mass is 9.83. The zero-order valence-electron chi connectivity index (χ0n) is 15.0. The molecule has 0 bridgehead atoms. The number of nitrogens with two attached hydrogens (primary N) is 1. The molecule has 0 saturated carbocycles. The van der Waals surface area contributed by atoms with Gasteiger partial charge in [0, 0.05) is 24.1 Å². The Morgan fingerprint density at radius 2 is 1.82 bits per heavy atom. The summed E-state index contributed by atoms with van der Waals surface area (Å²) < 4.78 is 13.3. The topological polar surface area (TPSA) is 94.2 Å². The maximum Gasteiger partial charge on any atom is 0.344 e. The third-order valence-electron chi connectivity index (χ3n) is 5.21. The number of nitriles is 1. The molecule has 5 rings (SSSR count). The van der Waals surface area contributed by atoms with E-state index in [0.29, 0.717) is 22.3 Å². The van der Waals surface area contributed by atoms with Crippen LogP contribution in [-0.4, -0.2) is 4.57 Å². The summed E-state index contributed by atoms with van der Waals surface area (Å²) >= 11 is 0. The number of hydrogen-bond acceptors (Lipinski definition) is 5. The smallest absolute Gasteiger partial charge is 0.344 e. The van der Waals surface area contributed by atoms with Crippen molar-refractivity contribution in [2.24, 2.45) is 12.8 Å². The lowest BCUT2D eigenvalue weighted by Gasteiger charge is -2.25. The Bertz CT molecular complexity index is 1400. The number of para-hydroxylation sites is 2. The molecule has 0 saturated heterocycles. The second-order valence-corrected chi connectivity index (χ2v) is 6.77. The lowest BCUT2D eigenvalue weighted by Crippen LogP contribution is -2.26. The van der Waals surface area contributed by atoms with Crippen LogP contribution in [0.15, 0.2) is 75.4 Å². The maximum atomic E-state index is 12.9. The van der Waals surface area contributed by atoms with Gasteiger partial charge in [-0.25, -0.2) is 4.79 Å². The average molecular weight is 369 g/mol. The number of ether oxygens (including phenoxy) is 1. The normalized spacial score (nSPS) is 16.1. The molecule has 1 aliphatic heterocycles. The second-order valence-electron chi connectivity index (χ2n) is 6.77. The Kier molecular flexibility index (Phi) is 3.34. The average Bonchev–Trinajstić information content (AvgIpc) is 3.04. The van der Waals surface area contributed by atoms with Gasteiger partial charge >= 0.3 is 5.63 Å². The highest BCUT2D eigenvalue weighted by molar-refractivity contribution is 5.89. The molecular formula is C22H15N3O3. The van der Waals surface area contributed by atoms with Crippen molar-refractivity contribution in [3.63, 3.8) is 0 Å². The molecule has 2 aromatic heterocycles. The van der Waals surface area contributed by atoms with Crippen LogP contribution in [0.5, 0.6) is 5.75 Å². The van der Waals surface area contributed by atoms with E-state index in [1.165, 1.54) is 0 Å². The molecule has 0 fully saturated rings. The number of benzene rings is 2. The zero-order valence-corrected chi connectivity index (χ0v) is 15.0. The van der Waals surface area contributed by atoms with Crippen LogP contribution < -0.4 is 16.1 Å². The summed E-state index contributed by atoms with van der Waals surface area (Å²) in [5, 5.41) is 11.4. The van der Waals surface area contributed by atoms with Crippen LogP contribution >= 0.6 is 0 Å². The van der Waals surface area contributed by atoms with Gasteiger partial charge in [-0.3, -0.25) is 0 Å². The Morgan fingerprint density at radius 1 is 1.11 bits per heavy atom. The van der Waals surface area contributed by atoms with E-state index < -0.39 is 11.5 Å². The van der Waals surface area contributed by atoms with Gasteiger partial charge in [0.05, 0.1) is 16.9 Å². The Hall–Kier alpha value is -3.98. The van der Waals surface area contributed by atoms with Gasteiger partial charge in [-0.05, 0) is 23.8 Å². The van der Waals surface area contributed by atoms with Crippen molar-refractivity contribution in [2.75, 3.05) is 0 Å². The van der Waals surface area contributed by atoms with Crippen molar-refractivity contribution in [2.45, 2.75) is 5.92 Å². The number of hydrogen-bond donors (Lipinski definition) is 1. The van der Waals surface area contributed by atoms with E-state index in [0.717, 1.165) is 16.5 Å². The largest absolute Gasteiger partial charge is 0.439 e. The molecule has 136 valence electrons. The zero-order chi connectivity index (χ0) is 19.4. The molecule has 0 aliphatic carbocycles. The number of fused-ring (bicyclic) bond motifs is 4. The van der Waals surface area contributed by atoms with E-state index in [4.69, 9.17) is 14.9 Å². The molecule has 1 aliphatic rings. The van der Waals surface area contributed by atoms with Crippen molar-refractivity contribution in [1.29, 1.82) is 5.26 Å². The van der Waals surface area contributed by atoms with E-state index in [9.17, 15) is 10.1 Å². The van der Waals surface area contributed by atoms with Crippen molar-refractivity contribution in [3.05, 3.63) is 87.7 Å². The molecule has 1 atom stereocenters. The van der Waals surface area contributed by atoms with E-state index >= 15 is 0 Å². The summed E-state index contributed by atoms with van der Waals surface area (Å²) in [7, 11) is 1.92. The predicted octanol–water partition coefficient (Wildman–Crippen LogP) is 3.50. The summed E-state index contributed by atoms with van der Waals surface area (Å²) in [4.78, 5) is 12.9. The SMILES string of the molecule is Cn1cc(C2C(C#N)=C(N)Oc3c2c(=O)oc2ccccc32)c2ccccc21. The van der Waals surface area contributed by atoms with Crippen LogP contribution in [-0.2, 0) is 7.05 Å².